The molecule has 0 spiro atoms. The first-order valence-electron chi connectivity index (χ1n) is 9.70. The molecule has 10 heteroatoms. The van der Waals surface area contributed by atoms with Gasteiger partial charge in [-0.15, -0.1) is 0 Å². The zero-order chi connectivity index (χ0) is 22.9. The zero-order valence-corrected chi connectivity index (χ0v) is 19.4. The number of ketones is 1. The lowest BCUT2D eigenvalue weighted by Crippen LogP contribution is -2.31. The molecule has 0 saturated heterocycles. The minimum atomic E-state index is -4.03. The smallest absolute Gasteiger partial charge is 0.349 e. The van der Waals surface area contributed by atoms with Gasteiger partial charge in [-0.3, -0.25) is 4.79 Å². The third-order valence-corrected chi connectivity index (χ3v) is 6.32. The fraction of sp³-hybridized carbons (Fsp3) is 0.500. The van der Waals surface area contributed by atoms with Crippen molar-refractivity contribution >= 4 is 33.4 Å². The maximum atomic E-state index is 13.2. The van der Waals surface area contributed by atoms with E-state index in [-0.39, 0.29) is 54.9 Å². The fourth-order valence-corrected chi connectivity index (χ4v) is 4.44. The Hall–Kier alpha value is -2.10. The molecule has 0 aromatic heterocycles. The van der Waals surface area contributed by atoms with Crippen LogP contribution in [-0.2, 0) is 19.6 Å². The van der Waals surface area contributed by atoms with E-state index in [4.69, 9.17) is 25.8 Å². The molecule has 8 nitrogen and oxygen atoms in total. The number of allylic oxidation sites excluding steroid dienone is 1. The van der Waals surface area contributed by atoms with Crippen LogP contribution in [0.1, 0.15) is 45.0 Å². The Balaban J connectivity index is 3.72. The summed E-state index contributed by atoms with van der Waals surface area (Å²) in [6.45, 7) is 9.52. The van der Waals surface area contributed by atoms with Crippen molar-refractivity contribution in [2.75, 3.05) is 32.9 Å². The Labute approximate surface area is 182 Å². The van der Waals surface area contributed by atoms with E-state index in [1.54, 1.807) is 34.6 Å². The van der Waals surface area contributed by atoms with Crippen LogP contribution in [0.2, 0.25) is 0 Å². The molecular weight excluding hydrogens is 434 g/mol. The van der Waals surface area contributed by atoms with Crippen LogP contribution in [0.25, 0.3) is 0 Å². The molecule has 0 N–H and O–H groups in total. The monoisotopic (exact) mass is 461 g/mol. The molecule has 168 valence electrons. The van der Waals surface area contributed by atoms with Crippen molar-refractivity contribution in [3.8, 4) is 11.5 Å². The van der Waals surface area contributed by atoms with Crippen LogP contribution in [0, 0.1) is 0 Å². The molecular formula is C20H28ClNO7S. The van der Waals surface area contributed by atoms with Crippen LogP contribution in [0.15, 0.2) is 28.1 Å². The minimum absolute atomic E-state index is 0.0796. The maximum absolute atomic E-state index is 13.2. The Kier molecular flexibility index (Phi) is 10.3. The van der Waals surface area contributed by atoms with Crippen molar-refractivity contribution in [3.05, 3.63) is 28.8 Å². The summed E-state index contributed by atoms with van der Waals surface area (Å²) < 4.78 is 43.4. The first-order valence-corrected chi connectivity index (χ1v) is 11.5. The van der Waals surface area contributed by atoms with Crippen LogP contribution in [0.5, 0.6) is 11.5 Å². The van der Waals surface area contributed by atoms with Crippen molar-refractivity contribution < 1.29 is 32.2 Å². The Morgan fingerprint density at radius 1 is 0.967 bits per heavy atom. The first kappa shape index (κ1) is 25.9. The van der Waals surface area contributed by atoms with Crippen molar-refractivity contribution in [1.82, 2.24) is 4.31 Å². The quantitative estimate of drug-likeness (QED) is 0.267. The van der Waals surface area contributed by atoms with E-state index in [2.05, 4.69) is 0 Å². The number of hydrogen-bond acceptors (Lipinski definition) is 7. The SMILES string of the molecule is CCOC(=O)/C(Cl)=C/C(=O)c1cc(OCC)c(OCC)cc1S(=O)(=O)N(CC)CC. The number of halogens is 1. The van der Waals surface area contributed by atoms with E-state index >= 15 is 0 Å². The van der Waals surface area contributed by atoms with Gasteiger partial charge in [0.25, 0.3) is 0 Å². The molecule has 0 amide bonds. The van der Waals surface area contributed by atoms with Crippen molar-refractivity contribution in [2.45, 2.75) is 39.5 Å². The van der Waals surface area contributed by atoms with Crippen LogP contribution in [0.4, 0.5) is 0 Å². The summed E-state index contributed by atoms with van der Waals surface area (Å²) in [5.74, 6) is -1.25. The van der Waals surface area contributed by atoms with Crippen molar-refractivity contribution in [2.24, 2.45) is 0 Å². The molecule has 0 radical (unpaired) electrons. The van der Waals surface area contributed by atoms with Gasteiger partial charge < -0.3 is 14.2 Å². The standard InChI is InChI=1S/C20H28ClNO7S/c1-6-22(7-2)30(25,26)19-13-18(28-9-4)17(27-8-3)11-14(19)16(23)12-15(21)20(24)29-10-5/h11-13H,6-10H2,1-5H3/b15-12-. The third kappa shape index (κ3) is 6.20. The van der Waals surface area contributed by atoms with Crippen molar-refractivity contribution in [3.63, 3.8) is 0 Å². The van der Waals surface area contributed by atoms with Gasteiger partial charge in [-0.25, -0.2) is 13.2 Å². The van der Waals surface area contributed by atoms with E-state index in [1.807, 2.05) is 0 Å². The highest BCUT2D eigenvalue weighted by Crippen LogP contribution is 2.35. The average molecular weight is 462 g/mol. The van der Waals surface area contributed by atoms with Crippen LogP contribution >= 0.6 is 11.6 Å². The normalized spacial score (nSPS) is 12.0. The van der Waals surface area contributed by atoms with Crippen molar-refractivity contribution in [1.29, 1.82) is 0 Å². The summed E-state index contributed by atoms with van der Waals surface area (Å²) in [5, 5.41) is -0.458. The number of carbonyl (C=O) groups excluding carboxylic acids is 2. The summed E-state index contributed by atoms with van der Waals surface area (Å²) in [7, 11) is -4.03. The van der Waals surface area contributed by atoms with Gasteiger partial charge >= 0.3 is 5.97 Å². The molecule has 0 unspecified atom stereocenters. The predicted octanol–water partition coefficient (Wildman–Crippen LogP) is 3.38. The third-order valence-electron chi connectivity index (χ3n) is 3.96. The molecule has 1 rings (SSSR count). The average Bonchev–Trinajstić information content (AvgIpc) is 2.69. The van der Waals surface area contributed by atoms with Crippen LogP contribution in [0.3, 0.4) is 0 Å². The highest BCUT2D eigenvalue weighted by Gasteiger charge is 2.29. The van der Waals surface area contributed by atoms with E-state index in [0.717, 1.165) is 6.08 Å². The molecule has 1 aromatic rings. The largest absolute Gasteiger partial charge is 0.490 e. The minimum Gasteiger partial charge on any atom is -0.490 e. The first-order chi connectivity index (χ1) is 14.2. The van der Waals surface area contributed by atoms with Crippen LogP contribution in [-0.4, -0.2) is 57.4 Å². The number of carbonyl (C=O) groups is 2. The van der Waals surface area contributed by atoms with Gasteiger partial charge in [0.05, 0.1) is 24.7 Å². The van der Waals surface area contributed by atoms with Crippen LogP contribution < -0.4 is 9.47 Å². The molecule has 0 aliphatic heterocycles. The second kappa shape index (κ2) is 11.9. The molecule has 0 aliphatic rings. The molecule has 0 aliphatic carbocycles. The van der Waals surface area contributed by atoms with Gasteiger partial charge in [-0.1, -0.05) is 25.4 Å². The molecule has 0 saturated carbocycles. The number of nitrogens with zero attached hydrogens (tertiary/aromatic N) is 1. The number of benzene rings is 1. The number of sulfonamides is 1. The van der Waals surface area contributed by atoms with Gasteiger partial charge in [0, 0.05) is 30.8 Å². The van der Waals surface area contributed by atoms with Gasteiger partial charge in [0.2, 0.25) is 10.0 Å². The zero-order valence-electron chi connectivity index (χ0n) is 17.9. The maximum Gasteiger partial charge on any atom is 0.349 e. The molecule has 0 heterocycles. The Bertz CT molecular complexity index is 893. The number of ether oxygens (including phenoxy) is 3. The lowest BCUT2D eigenvalue weighted by molar-refractivity contribution is -0.137. The predicted molar refractivity (Wildman–Crippen MR) is 114 cm³/mol. The summed E-state index contributed by atoms with van der Waals surface area (Å²) in [5.41, 5.74) is -0.184. The van der Waals surface area contributed by atoms with Gasteiger partial charge in [0.15, 0.2) is 17.3 Å². The summed E-state index contributed by atoms with van der Waals surface area (Å²) in [4.78, 5) is 24.4. The van der Waals surface area contributed by atoms with E-state index in [9.17, 15) is 18.0 Å². The molecule has 0 bridgehead atoms. The summed E-state index contributed by atoms with van der Waals surface area (Å²) >= 11 is 5.87. The van der Waals surface area contributed by atoms with Gasteiger partial charge in [-0.2, -0.15) is 4.31 Å². The van der Waals surface area contributed by atoms with E-state index in [1.165, 1.54) is 16.4 Å². The number of hydrogen-bond donors (Lipinski definition) is 0. The molecule has 0 atom stereocenters. The summed E-state index contributed by atoms with van der Waals surface area (Å²) in [6, 6.07) is 2.56. The summed E-state index contributed by atoms with van der Waals surface area (Å²) in [6.07, 6.45) is 0.839. The van der Waals surface area contributed by atoms with E-state index in [0.29, 0.717) is 0 Å². The topological polar surface area (TPSA) is 99.2 Å². The number of rotatable bonds is 12. The lowest BCUT2D eigenvalue weighted by Gasteiger charge is -2.21. The second-order valence-corrected chi connectivity index (χ2v) is 8.14. The highest BCUT2D eigenvalue weighted by atomic mass is 35.5. The molecule has 0 fully saturated rings. The molecule has 30 heavy (non-hydrogen) atoms. The van der Waals surface area contributed by atoms with E-state index < -0.39 is 26.8 Å². The fourth-order valence-electron chi connectivity index (χ4n) is 2.64. The number of esters is 1. The lowest BCUT2D eigenvalue weighted by atomic mass is 10.1. The highest BCUT2D eigenvalue weighted by molar-refractivity contribution is 7.89. The Morgan fingerprint density at radius 2 is 1.50 bits per heavy atom. The second-order valence-electron chi connectivity index (χ2n) is 5.83. The van der Waals surface area contributed by atoms with Gasteiger partial charge in [0.1, 0.15) is 5.03 Å². The van der Waals surface area contributed by atoms with Gasteiger partial charge in [-0.05, 0) is 26.8 Å². The Morgan fingerprint density at radius 3 is 1.97 bits per heavy atom. The molecule has 1 aromatic carbocycles.